The molecule has 0 aliphatic rings. The molecule has 0 bridgehead atoms. The van der Waals surface area contributed by atoms with Gasteiger partial charge in [-0.3, -0.25) is 4.79 Å². The van der Waals surface area contributed by atoms with E-state index in [0.29, 0.717) is 5.56 Å². The van der Waals surface area contributed by atoms with Crippen LogP contribution in [0.15, 0.2) is 77.7 Å². The molecule has 5 heteroatoms. The van der Waals surface area contributed by atoms with Crippen molar-refractivity contribution in [1.82, 2.24) is 4.98 Å². The number of hydrogen-bond donors (Lipinski definition) is 1. The molecular weight excluding hydrogens is 372 g/mol. The van der Waals surface area contributed by atoms with E-state index in [1.165, 1.54) is 4.70 Å². The minimum absolute atomic E-state index is 0.0840. The first-order valence-electron chi connectivity index (χ1n) is 8.74. The third-order valence-corrected chi connectivity index (χ3v) is 6.16. The van der Waals surface area contributed by atoms with Crippen molar-refractivity contribution in [2.75, 3.05) is 11.1 Å². The fourth-order valence-electron chi connectivity index (χ4n) is 2.83. The molecule has 134 valence electrons. The average Bonchev–Trinajstić information content (AvgIpc) is 3.13. The Balaban J connectivity index is 1.53. The highest BCUT2D eigenvalue weighted by Gasteiger charge is 2.12. The van der Waals surface area contributed by atoms with E-state index in [1.807, 2.05) is 66.7 Å². The zero-order chi connectivity index (χ0) is 18.6. The van der Waals surface area contributed by atoms with E-state index in [9.17, 15) is 4.79 Å². The molecule has 3 aromatic carbocycles. The Morgan fingerprint density at radius 2 is 1.74 bits per heavy atom. The summed E-state index contributed by atoms with van der Waals surface area (Å²) >= 11 is 3.35. The highest BCUT2D eigenvalue weighted by molar-refractivity contribution is 7.99. The molecule has 0 unspecified atom stereocenters. The minimum Gasteiger partial charge on any atom is -0.322 e. The van der Waals surface area contributed by atoms with Crippen molar-refractivity contribution in [3.63, 3.8) is 0 Å². The molecule has 27 heavy (non-hydrogen) atoms. The Morgan fingerprint density at radius 1 is 1.00 bits per heavy atom. The lowest BCUT2D eigenvalue weighted by Crippen LogP contribution is -2.12. The van der Waals surface area contributed by atoms with Gasteiger partial charge >= 0.3 is 0 Å². The molecule has 0 saturated heterocycles. The second-order valence-electron chi connectivity index (χ2n) is 5.95. The third kappa shape index (κ3) is 3.89. The predicted octanol–water partition coefficient (Wildman–Crippen LogP) is 6.33. The van der Waals surface area contributed by atoms with E-state index < -0.39 is 0 Å². The third-order valence-electron chi connectivity index (χ3n) is 4.12. The van der Waals surface area contributed by atoms with Crippen molar-refractivity contribution >= 4 is 44.9 Å². The van der Waals surface area contributed by atoms with Crippen LogP contribution in [0.2, 0.25) is 0 Å². The Labute approximate surface area is 166 Å². The molecule has 4 aromatic rings. The second-order valence-corrected chi connectivity index (χ2v) is 8.28. The van der Waals surface area contributed by atoms with Gasteiger partial charge in [0.2, 0.25) is 0 Å². The van der Waals surface area contributed by atoms with Crippen LogP contribution in [-0.4, -0.2) is 16.6 Å². The predicted molar refractivity (Wildman–Crippen MR) is 116 cm³/mol. The van der Waals surface area contributed by atoms with Crippen LogP contribution >= 0.6 is 23.1 Å². The van der Waals surface area contributed by atoms with Crippen LogP contribution in [0.3, 0.4) is 0 Å². The van der Waals surface area contributed by atoms with E-state index in [1.54, 1.807) is 23.1 Å². The Morgan fingerprint density at radius 3 is 2.52 bits per heavy atom. The summed E-state index contributed by atoms with van der Waals surface area (Å²) in [5.74, 6) is 0.848. The first-order valence-corrected chi connectivity index (χ1v) is 10.5. The molecule has 0 aliphatic heterocycles. The smallest absolute Gasteiger partial charge is 0.256 e. The van der Waals surface area contributed by atoms with E-state index in [-0.39, 0.29) is 5.91 Å². The number of thiazole rings is 1. The molecule has 0 saturated carbocycles. The van der Waals surface area contributed by atoms with Crippen molar-refractivity contribution in [3.05, 3.63) is 78.4 Å². The zero-order valence-electron chi connectivity index (χ0n) is 14.8. The fourth-order valence-corrected chi connectivity index (χ4v) is 4.60. The number of hydrogen-bond acceptors (Lipinski definition) is 4. The minimum atomic E-state index is -0.0840. The number of anilines is 1. The molecule has 1 amide bonds. The van der Waals surface area contributed by atoms with E-state index in [0.717, 1.165) is 32.4 Å². The van der Waals surface area contributed by atoms with Crippen LogP contribution in [-0.2, 0) is 0 Å². The van der Waals surface area contributed by atoms with Crippen LogP contribution in [0.25, 0.3) is 20.8 Å². The summed E-state index contributed by atoms with van der Waals surface area (Å²) in [7, 11) is 0. The number of nitrogens with zero attached hydrogens (tertiary/aromatic N) is 1. The number of carbonyl (C=O) groups is 1. The van der Waals surface area contributed by atoms with E-state index >= 15 is 0 Å². The van der Waals surface area contributed by atoms with Crippen LogP contribution in [0.1, 0.15) is 17.3 Å². The van der Waals surface area contributed by atoms with Gasteiger partial charge in [0.05, 0.1) is 15.8 Å². The first-order chi connectivity index (χ1) is 13.2. The van der Waals surface area contributed by atoms with Gasteiger partial charge in [0.25, 0.3) is 5.91 Å². The summed E-state index contributed by atoms with van der Waals surface area (Å²) in [6, 6.07) is 23.7. The molecule has 0 spiro atoms. The summed E-state index contributed by atoms with van der Waals surface area (Å²) in [5.41, 5.74) is 3.55. The maximum absolute atomic E-state index is 12.6. The number of amides is 1. The monoisotopic (exact) mass is 390 g/mol. The molecular formula is C22H18N2OS2. The van der Waals surface area contributed by atoms with Gasteiger partial charge in [-0.2, -0.15) is 0 Å². The summed E-state index contributed by atoms with van der Waals surface area (Å²) in [6.45, 7) is 2.08. The number of rotatable bonds is 5. The van der Waals surface area contributed by atoms with Gasteiger partial charge in [-0.25, -0.2) is 4.98 Å². The summed E-state index contributed by atoms with van der Waals surface area (Å²) in [6.07, 6.45) is 0. The number of nitrogens with one attached hydrogen (secondary N) is 1. The molecule has 1 heterocycles. The molecule has 0 radical (unpaired) electrons. The quantitative estimate of drug-likeness (QED) is 0.405. The highest BCUT2D eigenvalue weighted by Crippen LogP contribution is 2.30. The van der Waals surface area contributed by atoms with Gasteiger partial charge in [0, 0.05) is 16.1 Å². The van der Waals surface area contributed by atoms with E-state index in [2.05, 4.69) is 23.3 Å². The van der Waals surface area contributed by atoms with Gasteiger partial charge in [-0.1, -0.05) is 31.2 Å². The molecule has 0 atom stereocenters. The Bertz CT molecular complexity index is 1050. The van der Waals surface area contributed by atoms with Crippen molar-refractivity contribution in [2.45, 2.75) is 11.8 Å². The largest absolute Gasteiger partial charge is 0.322 e. The normalized spacial score (nSPS) is 10.9. The van der Waals surface area contributed by atoms with Crippen molar-refractivity contribution < 1.29 is 4.79 Å². The van der Waals surface area contributed by atoms with Gasteiger partial charge in [0.15, 0.2) is 0 Å². The lowest BCUT2D eigenvalue weighted by molar-refractivity contribution is 0.102. The van der Waals surface area contributed by atoms with Crippen LogP contribution in [0, 0.1) is 0 Å². The summed E-state index contributed by atoms with van der Waals surface area (Å²) < 4.78 is 1.18. The van der Waals surface area contributed by atoms with Gasteiger partial charge < -0.3 is 5.32 Å². The molecule has 0 aliphatic carbocycles. The number of fused-ring (bicyclic) bond motifs is 1. The van der Waals surface area contributed by atoms with Crippen molar-refractivity contribution in [3.8, 4) is 10.6 Å². The highest BCUT2D eigenvalue weighted by atomic mass is 32.2. The molecule has 1 aromatic heterocycles. The average molecular weight is 391 g/mol. The lowest BCUT2D eigenvalue weighted by atomic mass is 10.2. The van der Waals surface area contributed by atoms with Crippen molar-refractivity contribution in [2.24, 2.45) is 0 Å². The second kappa shape index (κ2) is 7.94. The van der Waals surface area contributed by atoms with Gasteiger partial charge in [0.1, 0.15) is 5.01 Å². The molecule has 3 nitrogen and oxygen atoms in total. The number of aromatic nitrogens is 1. The SMILES string of the molecule is CCSc1ccccc1C(=O)Nc1ccc(-c2nc3ccccc3s2)cc1. The standard InChI is InChI=1S/C22H18N2OS2/c1-2-26-19-9-5-3-7-17(19)21(25)23-16-13-11-15(12-14-16)22-24-18-8-4-6-10-20(18)27-22/h3-14H,2H2,1H3,(H,23,25). The topological polar surface area (TPSA) is 42.0 Å². The Kier molecular flexibility index (Phi) is 5.23. The van der Waals surface area contributed by atoms with Crippen LogP contribution in [0.5, 0.6) is 0 Å². The maximum Gasteiger partial charge on any atom is 0.256 e. The van der Waals surface area contributed by atoms with Crippen molar-refractivity contribution in [1.29, 1.82) is 0 Å². The lowest BCUT2D eigenvalue weighted by Gasteiger charge is -2.09. The molecule has 1 N–H and O–H groups in total. The fraction of sp³-hybridized carbons (Fsp3) is 0.0909. The Hall–Kier alpha value is -2.63. The van der Waals surface area contributed by atoms with E-state index in [4.69, 9.17) is 0 Å². The number of benzene rings is 3. The molecule has 4 rings (SSSR count). The number of carbonyl (C=O) groups excluding carboxylic acids is 1. The van der Waals surface area contributed by atoms with Crippen LogP contribution in [0.4, 0.5) is 5.69 Å². The van der Waals surface area contributed by atoms with Crippen LogP contribution < -0.4 is 5.32 Å². The molecule has 0 fully saturated rings. The first kappa shape index (κ1) is 17.8. The van der Waals surface area contributed by atoms with Gasteiger partial charge in [-0.15, -0.1) is 23.1 Å². The summed E-state index contributed by atoms with van der Waals surface area (Å²) in [5, 5.41) is 3.98. The number of thioether (sulfide) groups is 1. The summed E-state index contributed by atoms with van der Waals surface area (Å²) in [4.78, 5) is 18.3. The maximum atomic E-state index is 12.6. The zero-order valence-corrected chi connectivity index (χ0v) is 16.4. The van der Waals surface area contributed by atoms with Gasteiger partial charge in [-0.05, 0) is 54.3 Å². The number of para-hydroxylation sites is 1.